The first-order chi connectivity index (χ1) is 14.1. The normalized spacial score (nSPS) is 10.8. The first-order valence-electron chi connectivity index (χ1n) is 8.86. The Morgan fingerprint density at radius 1 is 0.862 bits per heavy atom. The summed E-state index contributed by atoms with van der Waals surface area (Å²) >= 11 is 0. The van der Waals surface area contributed by atoms with Gasteiger partial charge in [0.05, 0.1) is 26.8 Å². The van der Waals surface area contributed by atoms with Crippen LogP contribution in [-0.2, 0) is 0 Å². The summed E-state index contributed by atoms with van der Waals surface area (Å²) in [6.07, 6.45) is 1.50. The molecule has 2 heterocycles. The molecule has 0 aliphatic heterocycles. The molecule has 0 unspecified atom stereocenters. The van der Waals surface area contributed by atoms with Crippen LogP contribution in [0.5, 0.6) is 17.2 Å². The van der Waals surface area contributed by atoms with Gasteiger partial charge >= 0.3 is 0 Å². The molecule has 0 amide bonds. The second kappa shape index (κ2) is 7.67. The van der Waals surface area contributed by atoms with Crippen molar-refractivity contribution in [3.05, 3.63) is 48.8 Å². The average molecular weight is 392 g/mol. The van der Waals surface area contributed by atoms with Gasteiger partial charge < -0.3 is 18.7 Å². The Kier molecular flexibility index (Phi) is 4.90. The van der Waals surface area contributed by atoms with Gasteiger partial charge in [-0.05, 0) is 30.3 Å². The predicted octanol–water partition coefficient (Wildman–Crippen LogP) is 4.08. The maximum absolute atomic E-state index is 5.57. The summed E-state index contributed by atoms with van der Waals surface area (Å²) in [7, 11) is 6.67. The number of benzene rings is 2. The second-order valence-corrected chi connectivity index (χ2v) is 6.26. The Morgan fingerprint density at radius 2 is 1.59 bits per heavy atom. The fraction of sp³-hybridized carbons (Fsp3) is 0.190. The predicted molar refractivity (Wildman–Crippen MR) is 109 cm³/mol. The molecule has 4 aromatic rings. The lowest BCUT2D eigenvalue weighted by Crippen LogP contribution is -2.11. The molecule has 2 aromatic carbocycles. The molecule has 148 valence electrons. The van der Waals surface area contributed by atoms with Crippen LogP contribution in [-0.4, -0.2) is 43.5 Å². The molecule has 0 bridgehead atoms. The van der Waals surface area contributed by atoms with Crippen LogP contribution in [0, 0.1) is 0 Å². The molecule has 8 nitrogen and oxygen atoms in total. The maximum atomic E-state index is 5.57. The van der Waals surface area contributed by atoms with E-state index in [0.717, 1.165) is 22.2 Å². The molecule has 2 aromatic heterocycles. The monoisotopic (exact) mass is 392 g/mol. The SMILES string of the molecule is COc1ccc(-c2cc(N(C)c3ncnc4cc(OC)c(OC)cc34)on2)cc1. The van der Waals surface area contributed by atoms with Gasteiger partial charge in [-0.1, -0.05) is 5.16 Å². The molecule has 0 fully saturated rings. The average Bonchev–Trinajstić information content (AvgIpc) is 3.27. The number of rotatable bonds is 6. The minimum Gasteiger partial charge on any atom is -0.497 e. The van der Waals surface area contributed by atoms with E-state index in [1.807, 2.05) is 54.4 Å². The fourth-order valence-corrected chi connectivity index (χ4v) is 3.06. The molecule has 4 rings (SSSR count). The van der Waals surface area contributed by atoms with Crippen LogP contribution in [0.15, 0.2) is 53.3 Å². The standard InChI is InChI=1S/C21H20N4O4/c1-25(20-11-16(24-29-20)13-5-7-14(26-2)8-6-13)21-15-9-18(27-3)19(28-4)10-17(15)22-12-23-21/h5-12H,1-4H3. The van der Waals surface area contributed by atoms with Crippen LogP contribution in [0.1, 0.15) is 0 Å². The summed E-state index contributed by atoms with van der Waals surface area (Å²) in [6.45, 7) is 0. The van der Waals surface area contributed by atoms with Crippen molar-refractivity contribution in [1.82, 2.24) is 15.1 Å². The largest absolute Gasteiger partial charge is 0.497 e. The quantitative estimate of drug-likeness (QED) is 0.485. The Bertz CT molecular complexity index is 1140. The van der Waals surface area contributed by atoms with Crippen molar-refractivity contribution in [3.63, 3.8) is 0 Å². The van der Waals surface area contributed by atoms with E-state index in [0.29, 0.717) is 28.9 Å². The summed E-state index contributed by atoms with van der Waals surface area (Å²) in [5, 5.41) is 4.99. The van der Waals surface area contributed by atoms with Gasteiger partial charge in [0, 0.05) is 30.1 Å². The van der Waals surface area contributed by atoms with E-state index in [1.54, 1.807) is 21.3 Å². The second-order valence-electron chi connectivity index (χ2n) is 6.26. The van der Waals surface area contributed by atoms with Gasteiger partial charge in [-0.25, -0.2) is 9.97 Å². The highest BCUT2D eigenvalue weighted by molar-refractivity contribution is 5.93. The van der Waals surface area contributed by atoms with Gasteiger partial charge in [0.2, 0.25) is 5.88 Å². The Balaban J connectivity index is 1.72. The zero-order valence-corrected chi connectivity index (χ0v) is 16.5. The van der Waals surface area contributed by atoms with Gasteiger partial charge in [0.15, 0.2) is 11.5 Å². The number of fused-ring (bicyclic) bond motifs is 1. The number of methoxy groups -OCH3 is 3. The minimum atomic E-state index is 0.547. The number of hydrogen-bond acceptors (Lipinski definition) is 8. The molecule has 0 spiro atoms. The summed E-state index contributed by atoms with van der Waals surface area (Å²) in [5.74, 6) is 3.19. The van der Waals surface area contributed by atoms with Crippen LogP contribution in [0.4, 0.5) is 11.7 Å². The highest BCUT2D eigenvalue weighted by Gasteiger charge is 2.18. The van der Waals surface area contributed by atoms with Gasteiger partial charge in [-0.15, -0.1) is 0 Å². The topological polar surface area (TPSA) is 82.7 Å². The van der Waals surface area contributed by atoms with Crippen molar-refractivity contribution in [2.75, 3.05) is 33.3 Å². The first-order valence-corrected chi connectivity index (χ1v) is 8.86. The smallest absolute Gasteiger partial charge is 0.233 e. The fourth-order valence-electron chi connectivity index (χ4n) is 3.06. The molecule has 0 atom stereocenters. The molecular formula is C21H20N4O4. The maximum Gasteiger partial charge on any atom is 0.233 e. The van der Waals surface area contributed by atoms with Crippen molar-refractivity contribution < 1.29 is 18.7 Å². The zero-order chi connectivity index (χ0) is 20.4. The summed E-state index contributed by atoms with van der Waals surface area (Å²) in [5.41, 5.74) is 2.37. The molecule has 0 N–H and O–H groups in total. The molecule has 0 saturated heterocycles. The molecule has 29 heavy (non-hydrogen) atoms. The third kappa shape index (κ3) is 3.40. The lowest BCUT2D eigenvalue weighted by atomic mass is 10.1. The lowest BCUT2D eigenvalue weighted by molar-refractivity contribution is 0.356. The van der Waals surface area contributed by atoms with Crippen LogP contribution >= 0.6 is 0 Å². The van der Waals surface area contributed by atoms with Crippen LogP contribution in [0.3, 0.4) is 0 Å². The van der Waals surface area contributed by atoms with Crippen molar-refractivity contribution in [3.8, 4) is 28.5 Å². The zero-order valence-electron chi connectivity index (χ0n) is 16.5. The highest BCUT2D eigenvalue weighted by Crippen LogP contribution is 2.36. The Labute approximate surface area is 167 Å². The van der Waals surface area contributed by atoms with E-state index >= 15 is 0 Å². The number of nitrogens with zero attached hydrogens (tertiary/aromatic N) is 4. The molecule has 0 aliphatic carbocycles. The summed E-state index contributed by atoms with van der Waals surface area (Å²) in [4.78, 5) is 10.6. The summed E-state index contributed by atoms with van der Waals surface area (Å²) < 4.78 is 21.5. The Hall–Kier alpha value is -3.81. The van der Waals surface area contributed by atoms with E-state index < -0.39 is 0 Å². The van der Waals surface area contributed by atoms with Crippen molar-refractivity contribution in [2.45, 2.75) is 0 Å². The van der Waals surface area contributed by atoms with Crippen LogP contribution < -0.4 is 19.1 Å². The van der Waals surface area contributed by atoms with Gasteiger partial charge in [-0.2, -0.15) is 0 Å². The van der Waals surface area contributed by atoms with E-state index in [2.05, 4.69) is 15.1 Å². The molecule has 8 heteroatoms. The third-order valence-corrected chi connectivity index (χ3v) is 4.65. The van der Waals surface area contributed by atoms with E-state index in [-0.39, 0.29) is 0 Å². The van der Waals surface area contributed by atoms with E-state index in [4.69, 9.17) is 18.7 Å². The molecule has 0 saturated carbocycles. The van der Waals surface area contributed by atoms with Crippen molar-refractivity contribution in [2.24, 2.45) is 0 Å². The number of hydrogen-bond donors (Lipinski definition) is 0. The van der Waals surface area contributed by atoms with Gasteiger partial charge in [0.25, 0.3) is 0 Å². The van der Waals surface area contributed by atoms with E-state index in [9.17, 15) is 0 Å². The molecular weight excluding hydrogens is 372 g/mol. The van der Waals surface area contributed by atoms with Gasteiger partial charge in [0.1, 0.15) is 23.6 Å². The minimum absolute atomic E-state index is 0.547. The lowest BCUT2D eigenvalue weighted by Gasteiger charge is -2.17. The van der Waals surface area contributed by atoms with Crippen LogP contribution in [0.25, 0.3) is 22.2 Å². The third-order valence-electron chi connectivity index (χ3n) is 4.65. The molecule has 0 aliphatic rings. The number of aromatic nitrogens is 3. The number of ether oxygens (including phenoxy) is 3. The van der Waals surface area contributed by atoms with Gasteiger partial charge in [-0.3, -0.25) is 4.90 Å². The summed E-state index contributed by atoms with van der Waals surface area (Å²) in [6, 6.07) is 13.1. The van der Waals surface area contributed by atoms with E-state index in [1.165, 1.54) is 6.33 Å². The van der Waals surface area contributed by atoms with Crippen molar-refractivity contribution in [1.29, 1.82) is 0 Å². The molecule has 0 radical (unpaired) electrons. The Morgan fingerprint density at radius 3 is 2.28 bits per heavy atom. The highest BCUT2D eigenvalue weighted by atomic mass is 16.5. The first kappa shape index (κ1) is 18.5. The van der Waals surface area contributed by atoms with Crippen molar-refractivity contribution >= 4 is 22.6 Å². The van der Waals surface area contributed by atoms with Crippen LogP contribution in [0.2, 0.25) is 0 Å². The number of anilines is 2.